The Morgan fingerprint density at radius 1 is 1.43 bits per heavy atom. The molecule has 0 fully saturated rings. The van der Waals surface area contributed by atoms with Crippen molar-refractivity contribution in [1.29, 1.82) is 5.26 Å². The van der Waals surface area contributed by atoms with Gasteiger partial charge in [-0.05, 0) is 17.7 Å². The zero-order valence-corrected chi connectivity index (χ0v) is 7.47. The second-order valence-electron chi connectivity index (χ2n) is 2.73. The van der Waals surface area contributed by atoms with E-state index in [-0.39, 0.29) is 6.42 Å². The standard InChI is InChI=1S/C11H9NO2/c12-8-10-6-4-9(5-7-10)2-1-3-11(13)14/h1-2,4-7H,3H2,(H,13,14)/b2-1+. The van der Waals surface area contributed by atoms with Crippen molar-refractivity contribution in [3.05, 3.63) is 41.5 Å². The van der Waals surface area contributed by atoms with Gasteiger partial charge in [-0.3, -0.25) is 4.79 Å². The van der Waals surface area contributed by atoms with Gasteiger partial charge in [-0.25, -0.2) is 0 Å². The highest BCUT2D eigenvalue weighted by Gasteiger charge is 1.91. The lowest BCUT2D eigenvalue weighted by molar-refractivity contribution is -0.135. The van der Waals surface area contributed by atoms with E-state index in [0.717, 1.165) is 5.56 Å². The van der Waals surface area contributed by atoms with Gasteiger partial charge in [-0.15, -0.1) is 0 Å². The maximum Gasteiger partial charge on any atom is 0.307 e. The van der Waals surface area contributed by atoms with E-state index >= 15 is 0 Å². The maximum atomic E-state index is 10.2. The van der Waals surface area contributed by atoms with Crippen molar-refractivity contribution in [3.8, 4) is 6.07 Å². The molecule has 0 spiro atoms. The average molecular weight is 187 g/mol. The van der Waals surface area contributed by atoms with Gasteiger partial charge >= 0.3 is 5.97 Å². The SMILES string of the molecule is N#Cc1ccc(/C=C/CC(=O)O)cc1. The predicted octanol–water partition coefficient (Wildman–Crippen LogP) is 2.05. The molecule has 0 heterocycles. The lowest BCUT2D eigenvalue weighted by Crippen LogP contribution is -1.89. The zero-order valence-electron chi connectivity index (χ0n) is 7.47. The van der Waals surface area contributed by atoms with Crippen LogP contribution in [-0.4, -0.2) is 11.1 Å². The minimum absolute atomic E-state index is 0.0139. The van der Waals surface area contributed by atoms with E-state index in [9.17, 15) is 4.79 Å². The number of hydrogen-bond donors (Lipinski definition) is 1. The number of carbonyl (C=O) groups is 1. The van der Waals surface area contributed by atoms with Crippen LogP contribution in [0.2, 0.25) is 0 Å². The quantitative estimate of drug-likeness (QED) is 0.787. The largest absolute Gasteiger partial charge is 0.481 e. The summed E-state index contributed by atoms with van der Waals surface area (Å²) in [7, 11) is 0. The number of rotatable bonds is 3. The van der Waals surface area contributed by atoms with E-state index in [1.807, 2.05) is 6.07 Å². The van der Waals surface area contributed by atoms with Crippen molar-refractivity contribution in [2.45, 2.75) is 6.42 Å². The average Bonchev–Trinajstić information content (AvgIpc) is 2.18. The summed E-state index contributed by atoms with van der Waals surface area (Å²) in [4.78, 5) is 10.2. The molecular formula is C11H9NO2. The summed E-state index contributed by atoms with van der Waals surface area (Å²) in [6, 6.07) is 8.95. The molecule has 0 saturated heterocycles. The van der Waals surface area contributed by atoms with Crippen LogP contribution >= 0.6 is 0 Å². The molecule has 0 bridgehead atoms. The Morgan fingerprint density at radius 2 is 2.07 bits per heavy atom. The van der Waals surface area contributed by atoms with Crippen LogP contribution in [0.15, 0.2) is 30.3 Å². The van der Waals surface area contributed by atoms with Crippen molar-refractivity contribution >= 4 is 12.0 Å². The van der Waals surface area contributed by atoms with Gasteiger partial charge in [0.05, 0.1) is 18.1 Å². The van der Waals surface area contributed by atoms with Crippen molar-refractivity contribution in [1.82, 2.24) is 0 Å². The number of nitriles is 1. The van der Waals surface area contributed by atoms with Gasteiger partial charge in [0.25, 0.3) is 0 Å². The molecule has 0 unspecified atom stereocenters. The number of carboxylic acids is 1. The van der Waals surface area contributed by atoms with Gasteiger partial charge in [0.1, 0.15) is 0 Å². The fraction of sp³-hybridized carbons (Fsp3) is 0.0909. The fourth-order valence-electron chi connectivity index (χ4n) is 0.965. The van der Waals surface area contributed by atoms with Gasteiger partial charge in [-0.1, -0.05) is 24.3 Å². The normalized spacial score (nSPS) is 9.93. The second-order valence-corrected chi connectivity index (χ2v) is 2.73. The molecule has 0 saturated carbocycles. The van der Waals surface area contributed by atoms with Crippen LogP contribution in [0.4, 0.5) is 0 Å². The summed E-state index contributed by atoms with van der Waals surface area (Å²) in [5, 5.41) is 16.9. The smallest absolute Gasteiger partial charge is 0.307 e. The molecule has 70 valence electrons. The first-order valence-corrected chi connectivity index (χ1v) is 4.11. The summed E-state index contributed by atoms with van der Waals surface area (Å²) < 4.78 is 0. The molecule has 1 rings (SSSR count). The summed E-state index contributed by atoms with van der Waals surface area (Å²) in [6.45, 7) is 0. The number of hydrogen-bond acceptors (Lipinski definition) is 2. The Morgan fingerprint density at radius 3 is 2.57 bits per heavy atom. The summed E-state index contributed by atoms with van der Waals surface area (Å²) >= 11 is 0. The molecule has 0 aliphatic rings. The number of nitrogens with zero attached hydrogens (tertiary/aromatic N) is 1. The molecule has 1 aromatic carbocycles. The van der Waals surface area contributed by atoms with Gasteiger partial charge in [0.15, 0.2) is 0 Å². The maximum absolute atomic E-state index is 10.2. The first-order chi connectivity index (χ1) is 6.72. The number of benzene rings is 1. The number of carboxylic acid groups (broad SMARTS) is 1. The fourth-order valence-corrected chi connectivity index (χ4v) is 0.965. The molecule has 1 aromatic rings. The third kappa shape index (κ3) is 3.11. The van der Waals surface area contributed by atoms with Crippen LogP contribution in [0.1, 0.15) is 17.5 Å². The van der Waals surface area contributed by atoms with E-state index in [0.29, 0.717) is 5.56 Å². The monoisotopic (exact) mass is 187 g/mol. The Labute approximate surface area is 81.9 Å². The van der Waals surface area contributed by atoms with Crippen molar-refractivity contribution in [2.75, 3.05) is 0 Å². The minimum Gasteiger partial charge on any atom is -0.481 e. The lowest BCUT2D eigenvalue weighted by Gasteiger charge is -1.92. The Hall–Kier alpha value is -2.08. The first kappa shape index (κ1) is 10.0. The lowest BCUT2D eigenvalue weighted by atomic mass is 10.1. The summed E-state index contributed by atoms with van der Waals surface area (Å²) in [6.07, 6.45) is 3.30. The van der Waals surface area contributed by atoms with Crippen LogP contribution in [-0.2, 0) is 4.79 Å². The van der Waals surface area contributed by atoms with Gasteiger partial charge in [0, 0.05) is 0 Å². The molecule has 0 aromatic heterocycles. The summed E-state index contributed by atoms with van der Waals surface area (Å²) in [5.74, 6) is -0.852. The Kier molecular flexibility index (Phi) is 3.45. The molecule has 0 aliphatic heterocycles. The summed E-state index contributed by atoms with van der Waals surface area (Å²) in [5.41, 5.74) is 1.49. The van der Waals surface area contributed by atoms with Crippen LogP contribution in [0.3, 0.4) is 0 Å². The van der Waals surface area contributed by atoms with Crippen molar-refractivity contribution in [2.24, 2.45) is 0 Å². The second kappa shape index (κ2) is 4.83. The highest BCUT2D eigenvalue weighted by Crippen LogP contribution is 2.05. The Balaban J connectivity index is 2.65. The van der Waals surface area contributed by atoms with Crippen LogP contribution in [0, 0.1) is 11.3 Å². The first-order valence-electron chi connectivity index (χ1n) is 4.11. The van der Waals surface area contributed by atoms with E-state index in [1.54, 1.807) is 36.4 Å². The van der Waals surface area contributed by atoms with E-state index in [4.69, 9.17) is 10.4 Å². The molecule has 3 nitrogen and oxygen atoms in total. The third-order valence-electron chi connectivity index (χ3n) is 1.64. The Bertz CT molecular complexity index is 385. The van der Waals surface area contributed by atoms with Crippen molar-refractivity contribution in [3.63, 3.8) is 0 Å². The molecule has 3 heteroatoms. The van der Waals surface area contributed by atoms with Gasteiger partial charge in [0.2, 0.25) is 0 Å². The van der Waals surface area contributed by atoms with Crippen LogP contribution in [0.5, 0.6) is 0 Å². The topological polar surface area (TPSA) is 61.1 Å². The predicted molar refractivity (Wildman–Crippen MR) is 52.4 cm³/mol. The van der Waals surface area contributed by atoms with Crippen LogP contribution in [0.25, 0.3) is 6.08 Å². The van der Waals surface area contributed by atoms with Gasteiger partial charge in [-0.2, -0.15) is 5.26 Å². The highest BCUT2D eigenvalue weighted by atomic mass is 16.4. The molecular weight excluding hydrogens is 178 g/mol. The molecule has 0 aliphatic carbocycles. The van der Waals surface area contributed by atoms with E-state index in [2.05, 4.69) is 0 Å². The van der Waals surface area contributed by atoms with Crippen molar-refractivity contribution < 1.29 is 9.90 Å². The van der Waals surface area contributed by atoms with E-state index in [1.165, 1.54) is 0 Å². The molecule has 0 radical (unpaired) electrons. The molecule has 1 N–H and O–H groups in total. The minimum atomic E-state index is -0.852. The highest BCUT2D eigenvalue weighted by molar-refractivity contribution is 5.70. The van der Waals surface area contributed by atoms with Crippen LogP contribution < -0.4 is 0 Å². The van der Waals surface area contributed by atoms with E-state index < -0.39 is 5.97 Å². The molecule has 0 atom stereocenters. The number of aliphatic carboxylic acids is 1. The zero-order chi connectivity index (χ0) is 10.4. The molecule has 0 amide bonds. The third-order valence-corrected chi connectivity index (χ3v) is 1.64. The molecule has 14 heavy (non-hydrogen) atoms. The van der Waals surface area contributed by atoms with Gasteiger partial charge < -0.3 is 5.11 Å².